The van der Waals surface area contributed by atoms with Gasteiger partial charge in [-0.15, -0.1) is 22.7 Å². The van der Waals surface area contributed by atoms with Crippen LogP contribution in [-0.2, 0) is 21.2 Å². The first-order valence-electron chi connectivity index (χ1n) is 7.95. The van der Waals surface area contributed by atoms with E-state index in [9.17, 15) is 13.2 Å². The Hall–Kier alpha value is -2.08. The van der Waals surface area contributed by atoms with E-state index in [0.29, 0.717) is 6.42 Å². The van der Waals surface area contributed by atoms with Gasteiger partial charge in [0.25, 0.3) is 0 Å². The molecule has 3 aromatic heterocycles. The Kier molecular flexibility index (Phi) is 5.75. The summed E-state index contributed by atoms with van der Waals surface area (Å²) in [6.45, 7) is 4.04. The van der Waals surface area contributed by atoms with E-state index in [2.05, 4.69) is 19.5 Å². The maximum Gasteiger partial charge on any atom is 0.349 e. The first-order valence-corrected chi connectivity index (χ1v) is 11.2. The number of aromatic nitrogens is 3. The van der Waals surface area contributed by atoms with Crippen molar-refractivity contribution in [2.75, 3.05) is 13.7 Å². The number of methoxy groups -OCH3 is 1. The van der Waals surface area contributed by atoms with Gasteiger partial charge in [0.05, 0.1) is 18.5 Å². The van der Waals surface area contributed by atoms with Gasteiger partial charge in [-0.2, -0.15) is 5.10 Å². The molecule has 0 aliphatic heterocycles. The van der Waals surface area contributed by atoms with Crippen molar-refractivity contribution in [1.29, 1.82) is 0 Å². The molecule has 0 saturated heterocycles. The number of carbonyl (C=O) groups is 1. The lowest BCUT2D eigenvalue weighted by Gasteiger charge is -2.06. The lowest BCUT2D eigenvalue weighted by atomic mass is 10.3. The molecule has 0 radical (unpaired) electrons. The fourth-order valence-electron chi connectivity index (χ4n) is 2.47. The van der Waals surface area contributed by atoms with E-state index in [-0.39, 0.29) is 16.3 Å². The van der Waals surface area contributed by atoms with Gasteiger partial charge in [-0.05, 0) is 31.4 Å². The van der Waals surface area contributed by atoms with Crippen LogP contribution >= 0.6 is 22.7 Å². The van der Waals surface area contributed by atoms with Gasteiger partial charge in [0.15, 0.2) is 0 Å². The zero-order valence-electron chi connectivity index (χ0n) is 14.9. The minimum Gasteiger partial charge on any atom is -0.465 e. The average molecular weight is 427 g/mol. The number of thiazole rings is 1. The van der Waals surface area contributed by atoms with Crippen LogP contribution in [0.15, 0.2) is 27.8 Å². The molecule has 3 aromatic rings. The van der Waals surface area contributed by atoms with Gasteiger partial charge in [-0.1, -0.05) is 0 Å². The highest BCUT2D eigenvalue weighted by atomic mass is 32.2. The molecule has 0 fully saturated rings. The molecule has 0 spiro atoms. The summed E-state index contributed by atoms with van der Waals surface area (Å²) in [6.07, 6.45) is 0.423. The minimum atomic E-state index is -3.80. The molecule has 8 nitrogen and oxygen atoms in total. The van der Waals surface area contributed by atoms with E-state index >= 15 is 0 Å². The third-order valence-electron chi connectivity index (χ3n) is 3.69. The number of nitrogens with zero attached hydrogens (tertiary/aromatic N) is 3. The van der Waals surface area contributed by atoms with Crippen molar-refractivity contribution in [3.63, 3.8) is 0 Å². The standard InChI is InChI=1S/C16H18N4O4S3/c1-10-8-11(2)20(19-10)16-18-12(9-26-16)4-6-17-27(22,23)13-5-7-25-14(13)15(21)24-3/h5,7-9,17H,4,6H2,1-3H3. The third kappa shape index (κ3) is 4.26. The van der Waals surface area contributed by atoms with Gasteiger partial charge in [0, 0.05) is 24.0 Å². The third-order valence-corrected chi connectivity index (χ3v) is 7.09. The monoisotopic (exact) mass is 426 g/mol. The predicted octanol–water partition coefficient (Wildman–Crippen LogP) is 2.31. The lowest BCUT2D eigenvalue weighted by molar-refractivity contribution is 0.0602. The van der Waals surface area contributed by atoms with Crippen LogP contribution in [-0.4, -0.2) is 42.8 Å². The van der Waals surface area contributed by atoms with Gasteiger partial charge >= 0.3 is 5.97 Å². The molecule has 0 bridgehead atoms. The summed E-state index contributed by atoms with van der Waals surface area (Å²) in [5.74, 6) is -0.667. The number of hydrogen-bond acceptors (Lipinski definition) is 8. The number of thiophene rings is 1. The van der Waals surface area contributed by atoms with Crippen LogP contribution < -0.4 is 4.72 Å². The largest absolute Gasteiger partial charge is 0.465 e. The van der Waals surface area contributed by atoms with Crippen molar-refractivity contribution in [1.82, 2.24) is 19.5 Å². The Labute approximate surface area is 164 Å². The molecule has 3 heterocycles. The maximum absolute atomic E-state index is 12.5. The molecule has 1 N–H and O–H groups in total. The number of aryl methyl sites for hydroxylation is 2. The molecule has 0 aromatic carbocycles. The van der Waals surface area contributed by atoms with E-state index in [4.69, 9.17) is 0 Å². The topological polar surface area (TPSA) is 103 Å². The Morgan fingerprint density at radius 3 is 2.78 bits per heavy atom. The van der Waals surface area contributed by atoms with Gasteiger partial charge < -0.3 is 4.74 Å². The summed E-state index contributed by atoms with van der Waals surface area (Å²) < 4.78 is 33.8. The first kappa shape index (κ1) is 19.7. The molecule has 0 aliphatic rings. The van der Waals surface area contributed by atoms with Gasteiger partial charge in [0.2, 0.25) is 15.2 Å². The minimum absolute atomic E-state index is 0.0606. The number of carbonyl (C=O) groups excluding carboxylic acids is 1. The van der Waals surface area contributed by atoms with Crippen LogP contribution in [0.5, 0.6) is 0 Å². The fraction of sp³-hybridized carbons (Fsp3) is 0.312. The van der Waals surface area contributed by atoms with Gasteiger partial charge in [-0.3, -0.25) is 0 Å². The van der Waals surface area contributed by atoms with Crippen LogP contribution in [0.1, 0.15) is 26.8 Å². The van der Waals surface area contributed by atoms with Crippen molar-refractivity contribution >= 4 is 38.7 Å². The van der Waals surface area contributed by atoms with Crippen LogP contribution in [0.25, 0.3) is 5.13 Å². The van der Waals surface area contributed by atoms with Gasteiger partial charge in [0.1, 0.15) is 9.77 Å². The summed E-state index contributed by atoms with van der Waals surface area (Å²) in [5.41, 5.74) is 2.67. The highest BCUT2D eigenvalue weighted by Gasteiger charge is 2.24. The summed E-state index contributed by atoms with van der Waals surface area (Å²) >= 11 is 2.48. The summed E-state index contributed by atoms with van der Waals surface area (Å²) in [5, 5.41) is 8.55. The van der Waals surface area contributed by atoms with E-state index in [0.717, 1.165) is 33.6 Å². The van der Waals surface area contributed by atoms with Crippen molar-refractivity contribution < 1.29 is 17.9 Å². The smallest absolute Gasteiger partial charge is 0.349 e. The Bertz CT molecular complexity index is 1070. The average Bonchev–Trinajstić information content (AvgIpc) is 3.33. The van der Waals surface area contributed by atoms with Crippen LogP contribution in [0.4, 0.5) is 0 Å². The van der Waals surface area contributed by atoms with Gasteiger partial charge in [-0.25, -0.2) is 27.6 Å². The first-order chi connectivity index (χ1) is 12.8. The quantitative estimate of drug-likeness (QED) is 0.582. The molecular weight excluding hydrogens is 408 g/mol. The summed E-state index contributed by atoms with van der Waals surface area (Å²) in [6, 6.07) is 3.36. The van der Waals surface area contributed by atoms with Crippen molar-refractivity contribution in [2.45, 2.75) is 25.2 Å². The normalized spacial score (nSPS) is 11.7. The highest BCUT2D eigenvalue weighted by Crippen LogP contribution is 2.23. The predicted molar refractivity (Wildman–Crippen MR) is 103 cm³/mol. The van der Waals surface area contributed by atoms with Crippen LogP contribution in [0.3, 0.4) is 0 Å². The molecule has 144 valence electrons. The highest BCUT2D eigenvalue weighted by molar-refractivity contribution is 7.89. The number of hydrogen-bond donors (Lipinski definition) is 1. The van der Waals surface area contributed by atoms with Crippen molar-refractivity contribution in [2.24, 2.45) is 0 Å². The molecule has 0 aliphatic carbocycles. The molecule has 0 atom stereocenters. The fourth-order valence-corrected chi connectivity index (χ4v) is 5.70. The second kappa shape index (κ2) is 7.89. The number of esters is 1. The number of ether oxygens (including phenoxy) is 1. The number of nitrogens with one attached hydrogen (secondary N) is 1. The zero-order chi connectivity index (χ0) is 19.6. The second-order valence-electron chi connectivity index (χ2n) is 5.71. The van der Waals surface area contributed by atoms with E-state index < -0.39 is 16.0 Å². The van der Waals surface area contributed by atoms with E-state index in [1.165, 1.54) is 24.5 Å². The Morgan fingerprint density at radius 1 is 1.33 bits per heavy atom. The molecule has 11 heteroatoms. The lowest BCUT2D eigenvalue weighted by Crippen LogP contribution is -2.27. The van der Waals surface area contributed by atoms with E-state index in [1.54, 1.807) is 10.1 Å². The summed E-state index contributed by atoms with van der Waals surface area (Å²) in [7, 11) is -2.59. The molecule has 27 heavy (non-hydrogen) atoms. The summed E-state index contributed by atoms with van der Waals surface area (Å²) in [4.78, 5) is 16.2. The Balaban J connectivity index is 1.66. The van der Waals surface area contributed by atoms with Crippen molar-refractivity contribution in [3.05, 3.63) is 44.9 Å². The molecule has 0 saturated carbocycles. The SMILES string of the molecule is COC(=O)c1sccc1S(=O)(=O)NCCc1csc(-n2nc(C)cc2C)n1. The molecule has 3 rings (SSSR count). The second-order valence-corrected chi connectivity index (χ2v) is 9.20. The van der Waals surface area contributed by atoms with Crippen LogP contribution in [0, 0.1) is 13.8 Å². The van der Waals surface area contributed by atoms with E-state index in [1.807, 2.05) is 25.3 Å². The number of sulfonamides is 1. The molecule has 0 unspecified atom stereocenters. The van der Waals surface area contributed by atoms with Crippen molar-refractivity contribution in [3.8, 4) is 5.13 Å². The molecular formula is C16H18N4O4S3. The molecule has 0 amide bonds. The zero-order valence-corrected chi connectivity index (χ0v) is 17.4. The van der Waals surface area contributed by atoms with Crippen LogP contribution in [0.2, 0.25) is 0 Å². The Morgan fingerprint density at radius 2 is 2.11 bits per heavy atom. The number of rotatable bonds is 7. The maximum atomic E-state index is 12.5.